The Kier molecular flexibility index (Phi) is 4.92. The van der Waals surface area contributed by atoms with Crippen LogP contribution in [0.2, 0.25) is 0 Å². The van der Waals surface area contributed by atoms with Crippen molar-refractivity contribution in [2.75, 3.05) is 26.7 Å². The molecule has 0 bridgehead atoms. The molecule has 0 amide bonds. The van der Waals surface area contributed by atoms with Gasteiger partial charge in [-0.05, 0) is 74.2 Å². The number of likely N-dealkylation sites (tertiary alicyclic amines) is 1. The van der Waals surface area contributed by atoms with Crippen molar-refractivity contribution >= 4 is 27.5 Å². The summed E-state index contributed by atoms with van der Waals surface area (Å²) in [7, 11) is 1.66. The van der Waals surface area contributed by atoms with E-state index in [4.69, 9.17) is 4.74 Å². The number of aliphatic hydroxyl groups is 1. The summed E-state index contributed by atoms with van der Waals surface area (Å²) >= 11 is 0. The predicted molar refractivity (Wildman–Crippen MR) is 139 cm³/mol. The molecular weight excluding hydrogens is 438 g/mol. The largest absolute Gasteiger partial charge is 0.493 e. The van der Waals surface area contributed by atoms with Crippen molar-refractivity contribution in [2.24, 2.45) is 0 Å². The molecule has 0 spiro atoms. The highest BCUT2D eigenvalue weighted by atomic mass is 16.5. The van der Waals surface area contributed by atoms with Gasteiger partial charge in [0.05, 0.1) is 12.7 Å². The molecule has 0 radical (unpaired) electrons. The Labute approximate surface area is 204 Å². The quantitative estimate of drug-likeness (QED) is 0.386. The van der Waals surface area contributed by atoms with E-state index >= 15 is 0 Å². The molecule has 0 aliphatic carbocycles. The Bertz CT molecular complexity index is 1580. The maximum Gasteiger partial charge on any atom is 0.197 e. The van der Waals surface area contributed by atoms with Crippen LogP contribution >= 0.6 is 0 Å². The molecule has 3 aromatic heterocycles. The molecule has 1 fully saturated rings. The number of hydrogen-bond acceptors (Lipinski definition) is 5. The zero-order valence-electron chi connectivity index (χ0n) is 20.9. The lowest BCUT2D eigenvalue weighted by atomic mass is 9.88. The first-order valence-electron chi connectivity index (χ1n) is 12.1. The highest BCUT2D eigenvalue weighted by Gasteiger charge is 2.31. The van der Waals surface area contributed by atoms with E-state index in [0.29, 0.717) is 23.9 Å². The molecule has 180 valence electrons. The number of methoxy groups -OCH3 is 1. The van der Waals surface area contributed by atoms with Gasteiger partial charge in [0.2, 0.25) is 0 Å². The average molecular weight is 470 g/mol. The van der Waals surface area contributed by atoms with Crippen LogP contribution in [0.25, 0.3) is 38.6 Å². The number of ether oxygens (including phenoxy) is 1. The average Bonchev–Trinajstić information content (AvgIpc) is 3.41. The molecule has 1 aliphatic rings. The number of aryl methyl sites for hydroxylation is 1. The van der Waals surface area contributed by atoms with Crippen molar-refractivity contribution in [3.63, 3.8) is 0 Å². The zero-order chi connectivity index (χ0) is 24.5. The van der Waals surface area contributed by atoms with Crippen LogP contribution in [-0.4, -0.2) is 61.9 Å². The summed E-state index contributed by atoms with van der Waals surface area (Å²) < 4.78 is 7.36. The van der Waals surface area contributed by atoms with E-state index in [1.807, 2.05) is 26.1 Å². The molecular formula is C28H31N5O2. The molecule has 4 heterocycles. The minimum Gasteiger partial charge on any atom is -0.493 e. The van der Waals surface area contributed by atoms with E-state index in [1.54, 1.807) is 18.0 Å². The van der Waals surface area contributed by atoms with Crippen LogP contribution in [0, 0.1) is 13.8 Å². The molecule has 1 aliphatic heterocycles. The summed E-state index contributed by atoms with van der Waals surface area (Å²) in [5.41, 5.74) is 8.42. The van der Waals surface area contributed by atoms with Crippen molar-refractivity contribution in [1.29, 1.82) is 0 Å². The maximum absolute atomic E-state index is 10.1. The Morgan fingerprint density at radius 1 is 1.11 bits per heavy atom. The number of aromatic amines is 1. The summed E-state index contributed by atoms with van der Waals surface area (Å²) in [6.45, 7) is 10.8. The number of aromatic nitrogens is 4. The monoisotopic (exact) mass is 469 g/mol. The van der Waals surface area contributed by atoms with Crippen LogP contribution in [0.15, 0.2) is 42.9 Å². The molecule has 6 rings (SSSR count). The lowest BCUT2D eigenvalue weighted by Crippen LogP contribution is -2.50. The number of hydrogen-bond donors (Lipinski definition) is 2. The van der Waals surface area contributed by atoms with Crippen molar-refractivity contribution in [1.82, 2.24) is 24.5 Å². The van der Waals surface area contributed by atoms with E-state index in [1.165, 1.54) is 27.5 Å². The summed E-state index contributed by atoms with van der Waals surface area (Å²) in [6, 6.07) is 11.1. The van der Waals surface area contributed by atoms with Gasteiger partial charge in [0.1, 0.15) is 6.33 Å². The van der Waals surface area contributed by atoms with Crippen molar-refractivity contribution < 1.29 is 9.84 Å². The fourth-order valence-corrected chi connectivity index (χ4v) is 5.59. The number of nitrogens with one attached hydrogen (secondary N) is 1. The molecule has 0 atom stereocenters. The topological polar surface area (TPSA) is 78.7 Å². The highest BCUT2D eigenvalue weighted by Crippen LogP contribution is 2.39. The van der Waals surface area contributed by atoms with E-state index < -0.39 is 5.60 Å². The van der Waals surface area contributed by atoms with Gasteiger partial charge in [-0.1, -0.05) is 6.07 Å². The number of H-pyrrole nitrogens is 1. The van der Waals surface area contributed by atoms with Gasteiger partial charge in [-0.2, -0.15) is 5.10 Å². The molecule has 0 unspecified atom stereocenters. The second kappa shape index (κ2) is 7.80. The summed E-state index contributed by atoms with van der Waals surface area (Å²) in [6.07, 6.45) is 3.56. The van der Waals surface area contributed by atoms with Crippen LogP contribution in [0.5, 0.6) is 5.75 Å². The van der Waals surface area contributed by atoms with Crippen LogP contribution in [0.1, 0.15) is 36.5 Å². The molecule has 2 N–H and O–H groups in total. The van der Waals surface area contributed by atoms with E-state index in [2.05, 4.69) is 58.1 Å². The zero-order valence-corrected chi connectivity index (χ0v) is 20.9. The number of β-amino-alcohol motifs (C(OH)–C–C–N with tert-alkyl or cyclic N) is 1. The Balaban J connectivity index is 1.41. The molecule has 5 aromatic rings. The van der Waals surface area contributed by atoms with Gasteiger partial charge in [-0.3, -0.25) is 4.90 Å². The molecule has 1 saturated heterocycles. The smallest absolute Gasteiger partial charge is 0.197 e. The number of pyridine rings is 1. The molecule has 35 heavy (non-hydrogen) atoms. The van der Waals surface area contributed by atoms with Crippen LogP contribution in [0.3, 0.4) is 0 Å². The second-order valence-electron chi connectivity index (χ2n) is 10.6. The molecule has 0 saturated carbocycles. The van der Waals surface area contributed by atoms with E-state index in [-0.39, 0.29) is 0 Å². The van der Waals surface area contributed by atoms with Crippen molar-refractivity contribution in [3.05, 3.63) is 59.5 Å². The first-order valence-corrected chi connectivity index (χ1v) is 12.1. The van der Waals surface area contributed by atoms with E-state index in [9.17, 15) is 5.11 Å². The normalized spacial score (nSPS) is 15.4. The molecule has 7 heteroatoms. The first kappa shape index (κ1) is 22.1. The minimum absolute atomic E-state index is 0.509. The maximum atomic E-state index is 10.1. The predicted octanol–water partition coefficient (Wildman–Crippen LogP) is 4.83. The SMILES string of the molecule is COc1cc(-c2cc3[nH]c4ccc(C5CN(CC(C)(C)O)C5)cc4c3c(C)c2C)cn2ncnc12. The molecule has 2 aromatic carbocycles. The van der Waals surface area contributed by atoms with Gasteiger partial charge >= 0.3 is 0 Å². The third kappa shape index (κ3) is 3.66. The lowest BCUT2D eigenvalue weighted by molar-refractivity contribution is 0.00737. The van der Waals surface area contributed by atoms with Crippen molar-refractivity contribution in [2.45, 2.75) is 39.2 Å². The third-order valence-electron chi connectivity index (χ3n) is 7.39. The Morgan fingerprint density at radius 2 is 1.91 bits per heavy atom. The van der Waals surface area contributed by atoms with Gasteiger partial charge < -0.3 is 14.8 Å². The number of rotatable bonds is 5. The van der Waals surface area contributed by atoms with Gasteiger partial charge in [0, 0.05) is 59.1 Å². The fraction of sp³-hybridized carbons (Fsp3) is 0.357. The number of fused-ring (bicyclic) bond motifs is 4. The van der Waals surface area contributed by atoms with Crippen LogP contribution in [-0.2, 0) is 0 Å². The van der Waals surface area contributed by atoms with E-state index in [0.717, 1.165) is 35.2 Å². The summed E-state index contributed by atoms with van der Waals surface area (Å²) in [4.78, 5) is 10.3. The number of benzene rings is 2. The van der Waals surface area contributed by atoms with Crippen LogP contribution in [0.4, 0.5) is 0 Å². The van der Waals surface area contributed by atoms with Gasteiger partial charge in [-0.25, -0.2) is 9.50 Å². The minimum atomic E-state index is -0.652. The molecule has 7 nitrogen and oxygen atoms in total. The van der Waals surface area contributed by atoms with Gasteiger partial charge in [-0.15, -0.1) is 0 Å². The first-order chi connectivity index (χ1) is 16.7. The standard InChI is InChI=1S/C28H31N5O2/c1-16-17(2)26-22-8-18(20-11-32(12-20)14-28(3,4)34)6-7-23(22)31-24(26)10-21(16)19-9-25(35-5)27-29-15-30-33(27)13-19/h6-10,13,15,20,31,34H,11-12,14H2,1-5H3. The summed E-state index contributed by atoms with van der Waals surface area (Å²) in [5, 5.41) is 17.0. The van der Waals surface area contributed by atoms with Gasteiger partial charge in [0.15, 0.2) is 11.4 Å². The fourth-order valence-electron chi connectivity index (χ4n) is 5.59. The van der Waals surface area contributed by atoms with Gasteiger partial charge in [0.25, 0.3) is 0 Å². The number of nitrogens with zero attached hydrogens (tertiary/aromatic N) is 4. The Hall–Kier alpha value is -3.42. The highest BCUT2D eigenvalue weighted by molar-refractivity contribution is 6.11. The summed E-state index contributed by atoms with van der Waals surface area (Å²) in [5.74, 6) is 1.21. The van der Waals surface area contributed by atoms with Crippen molar-refractivity contribution in [3.8, 4) is 16.9 Å². The lowest BCUT2D eigenvalue weighted by Gasteiger charge is -2.42. The Morgan fingerprint density at radius 3 is 2.66 bits per heavy atom. The third-order valence-corrected chi connectivity index (χ3v) is 7.39. The van der Waals surface area contributed by atoms with Crippen LogP contribution < -0.4 is 4.74 Å². The second-order valence-corrected chi connectivity index (χ2v) is 10.6.